The van der Waals surface area contributed by atoms with Gasteiger partial charge in [0.25, 0.3) is 0 Å². The summed E-state index contributed by atoms with van der Waals surface area (Å²) in [5.41, 5.74) is 2.34. The van der Waals surface area contributed by atoms with Crippen LogP contribution in [0.25, 0.3) is 0 Å². The van der Waals surface area contributed by atoms with Crippen LogP contribution >= 0.6 is 27.3 Å². The van der Waals surface area contributed by atoms with Gasteiger partial charge in [0.1, 0.15) is 0 Å². The summed E-state index contributed by atoms with van der Waals surface area (Å²) in [4.78, 5) is 0.150. The van der Waals surface area contributed by atoms with Crippen LogP contribution in [0, 0.1) is 0 Å². The zero-order valence-corrected chi connectivity index (χ0v) is 13.9. The number of primary sulfonamides is 1. The largest absolute Gasteiger partial charge is 0.312 e. The van der Waals surface area contributed by atoms with Gasteiger partial charge in [-0.05, 0) is 63.6 Å². The van der Waals surface area contributed by atoms with Gasteiger partial charge in [-0.2, -0.15) is 0 Å². The van der Waals surface area contributed by atoms with E-state index in [-0.39, 0.29) is 4.90 Å². The highest BCUT2D eigenvalue weighted by atomic mass is 79.9. The van der Waals surface area contributed by atoms with E-state index in [1.807, 2.05) is 0 Å². The van der Waals surface area contributed by atoms with Gasteiger partial charge in [-0.15, -0.1) is 11.3 Å². The van der Waals surface area contributed by atoms with E-state index in [0.29, 0.717) is 0 Å². The Kier molecular flexibility index (Phi) is 5.34. The van der Waals surface area contributed by atoms with E-state index in [1.165, 1.54) is 5.56 Å². The molecule has 1 aromatic carbocycles. The van der Waals surface area contributed by atoms with Crippen LogP contribution < -0.4 is 10.5 Å². The molecule has 2 aromatic rings. The van der Waals surface area contributed by atoms with Crippen LogP contribution in [0.1, 0.15) is 11.1 Å². The predicted octanol–water partition coefficient (Wildman–Crippen LogP) is 2.49. The lowest BCUT2D eigenvalue weighted by molar-refractivity contribution is 0.597. The lowest BCUT2D eigenvalue weighted by Crippen LogP contribution is -2.16. The molecule has 0 atom stereocenters. The zero-order chi connectivity index (χ0) is 14.6. The van der Waals surface area contributed by atoms with Crippen LogP contribution in [-0.4, -0.2) is 15.0 Å². The molecule has 0 aliphatic heterocycles. The van der Waals surface area contributed by atoms with Crippen molar-refractivity contribution >= 4 is 37.3 Å². The lowest BCUT2D eigenvalue weighted by atomic mass is 10.1. The summed E-state index contributed by atoms with van der Waals surface area (Å²) < 4.78 is 23.4. The van der Waals surface area contributed by atoms with Crippen molar-refractivity contribution in [1.29, 1.82) is 0 Å². The molecule has 0 unspecified atom stereocenters. The lowest BCUT2D eigenvalue weighted by Gasteiger charge is -2.04. The maximum Gasteiger partial charge on any atom is 0.238 e. The number of rotatable bonds is 6. The average Bonchev–Trinajstić information content (AvgIpc) is 2.80. The SMILES string of the molecule is NS(=O)(=O)c1ccc(CCNCc2csc(Br)c2)cc1. The summed E-state index contributed by atoms with van der Waals surface area (Å²) in [6.07, 6.45) is 0.843. The smallest absolute Gasteiger partial charge is 0.238 e. The minimum Gasteiger partial charge on any atom is -0.312 e. The van der Waals surface area contributed by atoms with E-state index in [0.717, 1.165) is 28.9 Å². The molecule has 3 N–H and O–H groups in total. The summed E-state index contributed by atoms with van der Waals surface area (Å²) >= 11 is 5.10. The van der Waals surface area contributed by atoms with Crippen molar-refractivity contribution in [3.63, 3.8) is 0 Å². The monoisotopic (exact) mass is 374 g/mol. The van der Waals surface area contributed by atoms with E-state index in [9.17, 15) is 8.42 Å². The average molecular weight is 375 g/mol. The van der Waals surface area contributed by atoms with Gasteiger partial charge in [0.05, 0.1) is 8.68 Å². The third-order valence-electron chi connectivity index (χ3n) is 2.79. The zero-order valence-electron chi connectivity index (χ0n) is 10.7. The van der Waals surface area contributed by atoms with Gasteiger partial charge in [-0.1, -0.05) is 12.1 Å². The first kappa shape index (κ1) is 15.7. The van der Waals surface area contributed by atoms with E-state index < -0.39 is 10.0 Å². The van der Waals surface area contributed by atoms with E-state index in [4.69, 9.17) is 5.14 Å². The summed E-state index contributed by atoms with van der Waals surface area (Å²) in [5.74, 6) is 0. The molecule has 0 radical (unpaired) electrons. The molecule has 1 aromatic heterocycles. The first-order valence-electron chi connectivity index (χ1n) is 6.00. The molecule has 0 bridgehead atoms. The Balaban J connectivity index is 1.80. The van der Waals surface area contributed by atoms with Crippen molar-refractivity contribution in [2.24, 2.45) is 5.14 Å². The molecule has 0 aliphatic rings. The van der Waals surface area contributed by atoms with Crippen molar-refractivity contribution < 1.29 is 8.42 Å². The summed E-state index contributed by atoms with van der Waals surface area (Å²) in [6, 6.07) is 8.77. The molecular formula is C13H15BrN2O2S2. The second kappa shape index (κ2) is 6.82. The molecule has 2 rings (SSSR count). The van der Waals surface area contributed by atoms with Gasteiger partial charge in [-0.3, -0.25) is 0 Å². The molecule has 0 aliphatic carbocycles. The summed E-state index contributed by atoms with van der Waals surface area (Å²) in [6.45, 7) is 1.67. The first-order chi connectivity index (χ1) is 9.45. The molecule has 1 heterocycles. The van der Waals surface area contributed by atoms with Gasteiger partial charge in [0, 0.05) is 6.54 Å². The fourth-order valence-corrected chi connectivity index (χ4v) is 3.47. The minimum absolute atomic E-state index is 0.150. The predicted molar refractivity (Wildman–Crippen MR) is 85.2 cm³/mol. The van der Waals surface area contributed by atoms with Crippen LogP contribution in [-0.2, 0) is 23.0 Å². The van der Waals surface area contributed by atoms with Crippen molar-refractivity contribution in [2.75, 3.05) is 6.54 Å². The Labute approximate surface area is 131 Å². The number of thiophene rings is 1. The van der Waals surface area contributed by atoms with E-state index in [1.54, 1.807) is 35.6 Å². The maximum atomic E-state index is 11.1. The third kappa shape index (κ3) is 4.68. The van der Waals surface area contributed by atoms with E-state index in [2.05, 4.69) is 32.7 Å². The Bertz CT molecular complexity index is 666. The van der Waals surface area contributed by atoms with Gasteiger partial charge >= 0.3 is 0 Å². The molecule has 0 saturated carbocycles. The van der Waals surface area contributed by atoms with Gasteiger partial charge in [0.2, 0.25) is 10.0 Å². The number of benzene rings is 1. The highest BCUT2D eigenvalue weighted by Gasteiger charge is 2.06. The highest BCUT2D eigenvalue weighted by Crippen LogP contribution is 2.20. The Morgan fingerprint density at radius 2 is 1.90 bits per heavy atom. The molecule has 108 valence electrons. The molecule has 0 spiro atoms. The van der Waals surface area contributed by atoms with Crippen molar-refractivity contribution in [3.8, 4) is 0 Å². The number of nitrogens with one attached hydrogen (secondary N) is 1. The van der Waals surface area contributed by atoms with Crippen LogP contribution in [0.15, 0.2) is 44.4 Å². The van der Waals surface area contributed by atoms with Crippen LogP contribution in [0.3, 0.4) is 0 Å². The Morgan fingerprint density at radius 1 is 1.20 bits per heavy atom. The Morgan fingerprint density at radius 3 is 2.45 bits per heavy atom. The molecule has 4 nitrogen and oxygen atoms in total. The summed E-state index contributed by atoms with van der Waals surface area (Å²) in [5, 5.41) is 10.5. The second-order valence-electron chi connectivity index (χ2n) is 4.37. The number of hydrogen-bond acceptors (Lipinski definition) is 4. The van der Waals surface area contributed by atoms with Crippen molar-refractivity contribution in [1.82, 2.24) is 5.32 Å². The molecule has 0 saturated heterocycles. The van der Waals surface area contributed by atoms with Crippen molar-refractivity contribution in [3.05, 3.63) is 50.6 Å². The topological polar surface area (TPSA) is 72.2 Å². The van der Waals surface area contributed by atoms with Crippen molar-refractivity contribution in [2.45, 2.75) is 17.9 Å². The minimum atomic E-state index is -3.60. The maximum absolute atomic E-state index is 11.1. The van der Waals surface area contributed by atoms with Gasteiger partial charge in [0.15, 0.2) is 0 Å². The highest BCUT2D eigenvalue weighted by molar-refractivity contribution is 9.11. The van der Waals surface area contributed by atoms with E-state index >= 15 is 0 Å². The number of sulfonamides is 1. The number of hydrogen-bond donors (Lipinski definition) is 2. The molecule has 7 heteroatoms. The number of nitrogens with two attached hydrogens (primary N) is 1. The standard InChI is InChI=1S/C13H15BrN2O2S2/c14-13-7-11(9-19-13)8-16-6-5-10-1-3-12(4-2-10)20(15,17)18/h1-4,7,9,16H,5-6,8H2,(H2,15,17,18). The molecule has 0 amide bonds. The molecule has 0 fully saturated rings. The third-order valence-corrected chi connectivity index (χ3v) is 5.28. The Hall–Kier alpha value is -0.730. The van der Waals surface area contributed by atoms with Gasteiger partial charge in [-0.25, -0.2) is 13.6 Å². The molecular weight excluding hydrogens is 360 g/mol. The second-order valence-corrected chi connectivity index (χ2v) is 8.23. The first-order valence-corrected chi connectivity index (χ1v) is 9.22. The normalized spacial score (nSPS) is 11.7. The fraction of sp³-hybridized carbons (Fsp3) is 0.231. The van der Waals surface area contributed by atoms with Crippen LogP contribution in [0.5, 0.6) is 0 Å². The fourth-order valence-electron chi connectivity index (χ4n) is 1.75. The van der Waals surface area contributed by atoms with Crippen LogP contribution in [0.4, 0.5) is 0 Å². The number of halogens is 1. The quantitative estimate of drug-likeness (QED) is 0.762. The van der Waals surface area contributed by atoms with Crippen LogP contribution in [0.2, 0.25) is 0 Å². The van der Waals surface area contributed by atoms with Gasteiger partial charge < -0.3 is 5.32 Å². The molecule has 20 heavy (non-hydrogen) atoms. The summed E-state index contributed by atoms with van der Waals surface area (Å²) in [7, 11) is -3.60.